The highest BCUT2D eigenvalue weighted by atomic mass is 79.9. The molecule has 0 saturated heterocycles. The summed E-state index contributed by atoms with van der Waals surface area (Å²) in [6, 6.07) is 6.07. The highest BCUT2D eigenvalue weighted by Gasteiger charge is 2.48. The lowest BCUT2D eigenvalue weighted by Gasteiger charge is -2.24. The fraction of sp³-hybridized carbons (Fsp3) is 0.154. The normalized spacial score (nSPS) is 15.7. The first-order chi connectivity index (χ1) is 13.1. The zero-order valence-electron chi connectivity index (χ0n) is 13.5. The predicted molar refractivity (Wildman–Crippen MR) is 110 cm³/mol. The monoisotopic (exact) mass is 509 g/mol. The molecule has 2 atom stereocenters. The fourth-order valence-corrected chi connectivity index (χ4v) is 5.34. The van der Waals surface area contributed by atoms with Crippen molar-refractivity contribution in [2.75, 3.05) is 5.32 Å². The summed E-state index contributed by atoms with van der Waals surface area (Å²) in [5.74, 6) is -0.0162. The maximum absolute atomic E-state index is 14.0. The SMILES string of the molecule is NC(S[N+](=O)[O-])(SC(F)(Cl)Br)c1nc(Nc2ccc(O)cc2)c2[nH]cnc2n1. The van der Waals surface area contributed by atoms with Crippen LogP contribution in [-0.4, -0.2) is 32.7 Å². The molecular formula is C13H10BrClFN7O3S2. The van der Waals surface area contributed by atoms with Gasteiger partial charge in [-0.15, -0.1) is 0 Å². The topological polar surface area (TPSA) is 156 Å². The molecule has 0 aliphatic rings. The quantitative estimate of drug-likeness (QED) is 0.0921. The van der Waals surface area contributed by atoms with Crippen LogP contribution in [0.25, 0.3) is 11.2 Å². The Balaban J connectivity index is 2.09. The van der Waals surface area contributed by atoms with Gasteiger partial charge in [-0.2, -0.15) is 0 Å². The van der Waals surface area contributed by atoms with Gasteiger partial charge in [0.25, 0.3) is 15.3 Å². The molecular weight excluding hydrogens is 501 g/mol. The molecule has 5 N–H and O–H groups in total. The number of hydrogen-bond acceptors (Lipinski definition) is 10. The van der Waals surface area contributed by atoms with Gasteiger partial charge >= 0.3 is 0 Å². The van der Waals surface area contributed by atoms with Crippen LogP contribution in [0.1, 0.15) is 5.82 Å². The number of benzene rings is 1. The average Bonchev–Trinajstić information content (AvgIpc) is 3.03. The zero-order chi connectivity index (χ0) is 20.5. The number of nitrogens with zero attached hydrogens (tertiary/aromatic N) is 4. The number of H-pyrrole nitrogens is 1. The van der Waals surface area contributed by atoms with E-state index in [9.17, 15) is 19.6 Å². The van der Waals surface area contributed by atoms with Crippen molar-refractivity contribution in [2.24, 2.45) is 5.73 Å². The van der Waals surface area contributed by atoms with Crippen molar-refractivity contribution in [3.05, 3.63) is 46.5 Å². The van der Waals surface area contributed by atoms with Gasteiger partial charge in [0.1, 0.15) is 15.6 Å². The number of anilines is 2. The number of nitrogens with two attached hydrogens (primary N) is 1. The Labute approximate surface area is 178 Å². The highest BCUT2D eigenvalue weighted by molar-refractivity contribution is 9.12. The molecule has 3 aromatic rings. The Hall–Kier alpha value is -1.87. The molecule has 28 heavy (non-hydrogen) atoms. The third-order valence-electron chi connectivity index (χ3n) is 3.20. The van der Waals surface area contributed by atoms with Gasteiger partial charge in [0.05, 0.1) is 6.33 Å². The Kier molecular flexibility index (Phi) is 5.86. The summed E-state index contributed by atoms with van der Waals surface area (Å²) >= 11 is 8.26. The Bertz CT molecular complexity index is 1020. The lowest BCUT2D eigenvalue weighted by molar-refractivity contribution is -0.285. The van der Waals surface area contributed by atoms with Gasteiger partial charge in [-0.05, 0) is 52.0 Å². The number of halogens is 3. The lowest BCUT2D eigenvalue weighted by Crippen LogP contribution is -2.35. The molecule has 2 heterocycles. The van der Waals surface area contributed by atoms with Crippen molar-refractivity contribution in [1.82, 2.24) is 19.9 Å². The van der Waals surface area contributed by atoms with Gasteiger partial charge in [0.2, 0.25) is 4.20 Å². The van der Waals surface area contributed by atoms with Crippen molar-refractivity contribution in [1.29, 1.82) is 0 Å². The predicted octanol–water partition coefficient (Wildman–Crippen LogP) is 3.74. The van der Waals surface area contributed by atoms with Crippen LogP contribution in [0.15, 0.2) is 30.6 Å². The molecule has 10 nitrogen and oxygen atoms in total. The number of thioether (sulfide) groups is 1. The minimum atomic E-state index is -2.60. The van der Waals surface area contributed by atoms with E-state index in [1.54, 1.807) is 12.1 Å². The lowest BCUT2D eigenvalue weighted by atomic mass is 10.3. The molecule has 0 saturated carbocycles. The van der Waals surface area contributed by atoms with Crippen LogP contribution in [0.4, 0.5) is 15.9 Å². The van der Waals surface area contributed by atoms with Gasteiger partial charge in [-0.1, -0.05) is 11.6 Å². The Morgan fingerprint density at radius 3 is 2.68 bits per heavy atom. The minimum Gasteiger partial charge on any atom is -0.508 e. The van der Waals surface area contributed by atoms with E-state index in [4.69, 9.17) is 17.3 Å². The summed E-state index contributed by atoms with van der Waals surface area (Å²) in [4.78, 5) is 26.3. The van der Waals surface area contributed by atoms with Crippen molar-refractivity contribution >= 4 is 73.9 Å². The number of rotatable bonds is 7. The molecule has 0 radical (unpaired) electrons. The van der Waals surface area contributed by atoms with Crippen LogP contribution >= 0.6 is 51.2 Å². The molecule has 0 fully saturated rings. The summed E-state index contributed by atoms with van der Waals surface area (Å²) in [6.45, 7) is 0. The van der Waals surface area contributed by atoms with Crippen LogP contribution in [-0.2, 0) is 4.20 Å². The molecule has 15 heteroatoms. The molecule has 0 spiro atoms. The highest BCUT2D eigenvalue weighted by Crippen LogP contribution is 2.52. The summed E-state index contributed by atoms with van der Waals surface area (Å²) in [5.41, 5.74) is 7.15. The number of aromatic nitrogens is 4. The van der Waals surface area contributed by atoms with Gasteiger partial charge in [0.15, 0.2) is 17.3 Å². The van der Waals surface area contributed by atoms with E-state index in [1.165, 1.54) is 18.5 Å². The maximum atomic E-state index is 14.0. The number of imidazole rings is 1. The average molecular weight is 511 g/mol. The van der Waals surface area contributed by atoms with E-state index in [1.807, 2.05) is 0 Å². The first-order valence-corrected chi connectivity index (χ1v) is 9.99. The number of nitrogens with one attached hydrogen (secondary N) is 2. The van der Waals surface area contributed by atoms with E-state index < -0.39 is 11.9 Å². The largest absolute Gasteiger partial charge is 0.508 e. The van der Waals surface area contributed by atoms with E-state index in [-0.39, 0.29) is 46.7 Å². The minimum absolute atomic E-state index is 0.00535. The van der Waals surface area contributed by atoms with E-state index in [2.05, 4.69) is 41.2 Å². The summed E-state index contributed by atoms with van der Waals surface area (Å²) < 4.78 is 8.49. The fourth-order valence-electron chi connectivity index (χ4n) is 2.15. The summed E-state index contributed by atoms with van der Waals surface area (Å²) in [7, 11) is 0. The third-order valence-corrected chi connectivity index (χ3v) is 5.72. The number of hydrogen-bond donors (Lipinski definition) is 4. The smallest absolute Gasteiger partial charge is 0.287 e. The molecule has 148 valence electrons. The summed E-state index contributed by atoms with van der Waals surface area (Å²) in [6.07, 6.45) is 1.35. The number of nitro groups is 1. The van der Waals surface area contributed by atoms with Crippen LogP contribution < -0.4 is 11.1 Å². The standard InChI is InChI=1S/C13H10BrClFN7O3S2/c14-13(15,16)27-12(17,28-23(25)26)11-21-9-8(18-5-19-9)10(22-11)20-6-1-3-7(24)4-2-6/h1-5,24H,17H2,(H2,18,19,20,21,22). The molecule has 0 amide bonds. The number of aromatic amines is 1. The Morgan fingerprint density at radius 1 is 1.39 bits per heavy atom. The van der Waals surface area contributed by atoms with Gasteiger partial charge in [-0.3, -0.25) is 15.8 Å². The molecule has 0 bridgehead atoms. The molecule has 0 aliphatic heterocycles. The van der Waals surface area contributed by atoms with E-state index >= 15 is 0 Å². The van der Waals surface area contributed by atoms with Crippen molar-refractivity contribution in [2.45, 2.75) is 7.57 Å². The van der Waals surface area contributed by atoms with Gasteiger partial charge in [-0.25, -0.2) is 19.3 Å². The molecule has 0 aliphatic carbocycles. The van der Waals surface area contributed by atoms with Gasteiger partial charge < -0.3 is 15.4 Å². The number of alkyl halides is 3. The third kappa shape index (κ3) is 4.94. The number of phenolic OH excluding ortho intramolecular Hbond substituents is 1. The first kappa shape index (κ1) is 20.9. The van der Waals surface area contributed by atoms with E-state index in [0.29, 0.717) is 11.2 Å². The Morgan fingerprint density at radius 2 is 2.07 bits per heavy atom. The van der Waals surface area contributed by atoms with Crippen LogP contribution in [0.5, 0.6) is 5.75 Å². The van der Waals surface area contributed by atoms with E-state index in [0.717, 1.165) is 0 Å². The van der Waals surface area contributed by atoms with Crippen molar-refractivity contribution in [3.63, 3.8) is 0 Å². The van der Waals surface area contributed by atoms with Gasteiger partial charge in [0, 0.05) is 5.69 Å². The second kappa shape index (κ2) is 7.87. The van der Waals surface area contributed by atoms with Crippen LogP contribution in [0.2, 0.25) is 0 Å². The van der Waals surface area contributed by atoms with Crippen LogP contribution in [0, 0.1) is 10.1 Å². The zero-order valence-corrected chi connectivity index (χ0v) is 17.4. The number of fused-ring (bicyclic) bond motifs is 1. The number of aromatic hydroxyl groups is 1. The number of phenols is 1. The first-order valence-electron chi connectivity index (χ1n) is 7.23. The van der Waals surface area contributed by atoms with Crippen molar-refractivity contribution < 1.29 is 13.8 Å². The second-order valence-corrected chi connectivity index (χ2v) is 10.8. The van der Waals surface area contributed by atoms with Crippen LogP contribution in [0.3, 0.4) is 0 Å². The van der Waals surface area contributed by atoms with Crippen molar-refractivity contribution in [3.8, 4) is 5.75 Å². The molecule has 3 rings (SSSR count). The molecule has 2 unspecified atom stereocenters. The second-order valence-electron chi connectivity index (χ2n) is 5.20. The summed E-state index contributed by atoms with van der Waals surface area (Å²) in [5, 5.41) is 23.4. The molecule has 1 aromatic carbocycles. The molecule has 2 aromatic heterocycles. The maximum Gasteiger partial charge on any atom is 0.287 e.